The van der Waals surface area contributed by atoms with Crippen molar-refractivity contribution in [3.8, 4) is 17.4 Å². The van der Waals surface area contributed by atoms with Gasteiger partial charge in [-0.05, 0) is 41.6 Å². The maximum Gasteiger partial charge on any atom is 0.251 e. The van der Waals surface area contributed by atoms with Crippen molar-refractivity contribution in [2.45, 2.75) is 19.7 Å². The second-order valence-corrected chi connectivity index (χ2v) is 8.24. The second kappa shape index (κ2) is 9.67. The number of carbonyl (C=O) groups excluding carboxylic acids is 1. The monoisotopic (exact) mass is 491 g/mol. The Bertz CT molecular complexity index is 1480. The van der Waals surface area contributed by atoms with Crippen LogP contribution in [-0.4, -0.2) is 29.5 Å². The molecule has 9 nitrogen and oxygen atoms in total. The lowest BCUT2D eigenvalue weighted by Gasteiger charge is -2.21. The fourth-order valence-corrected chi connectivity index (χ4v) is 4.38. The Morgan fingerprint density at radius 3 is 2.83 bits per heavy atom. The number of hydrogen-bond acceptors (Lipinski definition) is 7. The predicted molar refractivity (Wildman–Crippen MR) is 129 cm³/mol. The van der Waals surface area contributed by atoms with Crippen LogP contribution in [-0.2, 0) is 24.4 Å². The summed E-state index contributed by atoms with van der Waals surface area (Å²) in [5, 5.41) is 17.0. The van der Waals surface area contributed by atoms with Crippen LogP contribution in [0, 0.1) is 10.7 Å². The highest BCUT2D eigenvalue weighted by molar-refractivity contribution is 6.02. The van der Waals surface area contributed by atoms with Crippen LogP contribution in [0.4, 0.5) is 10.1 Å². The molecule has 4 aromatic rings. The van der Waals surface area contributed by atoms with Crippen molar-refractivity contribution in [1.82, 2.24) is 9.88 Å². The molecule has 0 saturated heterocycles. The smallest absolute Gasteiger partial charge is 0.251 e. The number of nitrogens with one attached hydrogen (secondary N) is 1. The third kappa shape index (κ3) is 4.22. The van der Waals surface area contributed by atoms with Gasteiger partial charge in [-0.25, -0.2) is 4.39 Å². The van der Waals surface area contributed by atoms with Crippen molar-refractivity contribution < 1.29 is 28.5 Å². The molecule has 2 N–H and O–H groups in total. The summed E-state index contributed by atoms with van der Waals surface area (Å²) in [4.78, 5) is 24.5. The second-order valence-electron chi connectivity index (χ2n) is 8.24. The van der Waals surface area contributed by atoms with Crippen LogP contribution >= 0.6 is 0 Å². The van der Waals surface area contributed by atoms with E-state index in [1.807, 2.05) is 18.2 Å². The number of nitrogens with zero attached hydrogens (tertiary/aromatic N) is 2. The summed E-state index contributed by atoms with van der Waals surface area (Å²) in [5.74, 6) is -0.134. The van der Waals surface area contributed by atoms with E-state index >= 15 is 0 Å². The highest BCUT2D eigenvalue weighted by atomic mass is 19.1. The lowest BCUT2D eigenvalue weighted by atomic mass is 10.1. The third-order valence-corrected chi connectivity index (χ3v) is 6.08. The SMILES string of the molecule is COc1ccccc1CNC(=O)c1ccc2c(N=O)c(O)n(Cc3cc(F)cc4c3OCOC4)c2c1. The van der Waals surface area contributed by atoms with Crippen LogP contribution in [0.3, 0.4) is 0 Å². The highest BCUT2D eigenvalue weighted by Gasteiger charge is 2.23. The van der Waals surface area contributed by atoms with Gasteiger partial charge in [0.1, 0.15) is 17.3 Å². The first kappa shape index (κ1) is 23.3. The lowest BCUT2D eigenvalue weighted by Crippen LogP contribution is -2.23. The van der Waals surface area contributed by atoms with E-state index < -0.39 is 11.7 Å². The molecule has 0 saturated carbocycles. The average Bonchev–Trinajstić information content (AvgIpc) is 3.16. The van der Waals surface area contributed by atoms with Gasteiger partial charge in [0.05, 0.1) is 25.8 Å². The highest BCUT2D eigenvalue weighted by Crippen LogP contribution is 2.40. The molecule has 0 aliphatic carbocycles. The van der Waals surface area contributed by atoms with E-state index in [2.05, 4.69) is 10.5 Å². The third-order valence-electron chi connectivity index (χ3n) is 6.08. The topological polar surface area (TPSA) is 111 Å². The number of amides is 1. The Kier molecular flexibility index (Phi) is 6.26. The lowest BCUT2D eigenvalue weighted by molar-refractivity contribution is -0.0173. The summed E-state index contributed by atoms with van der Waals surface area (Å²) >= 11 is 0. The van der Waals surface area contributed by atoms with E-state index in [0.717, 1.165) is 5.56 Å². The van der Waals surface area contributed by atoms with Gasteiger partial charge in [0.25, 0.3) is 5.91 Å². The average molecular weight is 491 g/mol. The number of para-hydroxylation sites is 1. The number of aromatic hydroxyl groups is 1. The molecule has 0 bridgehead atoms. The molecule has 0 spiro atoms. The summed E-state index contributed by atoms with van der Waals surface area (Å²) in [5.41, 5.74) is 2.32. The molecule has 5 rings (SSSR count). The fourth-order valence-electron chi connectivity index (χ4n) is 4.38. The number of ether oxygens (including phenoxy) is 3. The minimum atomic E-state index is -0.487. The minimum absolute atomic E-state index is 0.0156. The Hall–Kier alpha value is -4.44. The van der Waals surface area contributed by atoms with Gasteiger partial charge in [-0.2, -0.15) is 0 Å². The summed E-state index contributed by atoms with van der Waals surface area (Å²) in [6.45, 7) is 0.422. The molecule has 1 amide bonds. The number of carbonyl (C=O) groups is 1. The summed E-state index contributed by atoms with van der Waals surface area (Å²) in [6, 6.07) is 14.6. The Labute approximate surface area is 205 Å². The van der Waals surface area contributed by atoms with Gasteiger partial charge < -0.3 is 29.2 Å². The molecule has 1 aliphatic heterocycles. The number of rotatable bonds is 7. The maximum atomic E-state index is 14.3. The fraction of sp³-hybridized carbons (Fsp3) is 0.192. The molecular weight excluding hydrogens is 469 g/mol. The molecular formula is C26H22FN3O6. The van der Waals surface area contributed by atoms with E-state index in [9.17, 15) is 19.2 Å². The number of halogens is 1. The van der Waals surface area contributed by atoms with Gasteiger partial charge in [0, 0.05) is 34.2 Å². The van der Waals surface area contributed by atoms with Gasteiger partial charge in [0.15, 0.2) is 12.5 Å². The predicted octanol–water partition coefficient (Wildman–Crippen LogP) is 4.74. The van der Waals surface area contributed by atoms with Crippen molar-refractivity contribution in [2.75, 3.05) is 13.9 Å². The Balaban J connectivity index is 1.50. The van der Waals surface area contributed by atoms with E-state index in [4.69, 9.17) is 14.2 Å². The van der Waals surface area contributed by atoms with Gasteiger partial charge in [-0.15, -0.1) is 4.91 Å². The Morgan fingerprint density at radius 2 is 2.03 bits per heavy atom. The first-order chi connectivity index (χ1) is 17.5. The number of fused-ring (bicyclic) bond motifs is 2. The molecule has 0 radical (unpaired) electrons. The van der Waals surface area contributed by atoms with Crippen molar-refractivity contribution >= 4 is 22.5 Å². The zero-order valence-electron chi connectivity index (χ0n) is 19.3. The number of aromatic nitrogens is 1. The van der Waals surface area contributed by atoms with E-state index in [1.54, 1.807) is 31.4 Å². The summed E-state index contributed by atoms with van der Waals surface area (Å²) in [6.07, 6.45) is 0. The van der Waals surface area contributed by atoms with Crippen molar-refractivity contribution in [1.29, 1.82) is 0 Å². The van der Waals surface area contributed by atoms with Crippen molar-refractivity contribution in [3.63, 3.8) is 0 Å². The van der Waals surface area contributed by atoms with Crippen LogP contribution < -0.4 is 14.8 Å². The van der Waals surface area contributed by atoms with Gasteiger partial charge >= 0.3 is 0 Å². The normalized spacial score (nSPS) is 12.6. The first-order valence-corrected chi connectivity index (χ1v) is 11.1. The number of nitroso groups, excluding NO2 is 1. The van der Waals surface area contributed by atoms with Crippen LogP contribution in [0.25, 0.3) is 10.9 Å². The van der Waals surface area contributed by atoms with Crippen LogP contribution in [0.15, 0.2) is 59.8 Å². The zero-order valence-corrected chi connectivity index (χ0v) is 19.3. The van der Waals surface area contributed by atoms with Crippen molar-refractivity contribution in [3.05, 3.63) is 87.6 Å². The van der Waals surface area contributed by atoms with Crippen LogP contribution in [0.1, 0.15) is 27.0 Å². The standard InChI is InChI=1S/C26H22FN3O6/c1-34-22-5-3-2-4-16(22)11-28-25(31)15-6-7-20-21(10-15)30(26(32)23(20)29-33)12-17-8-19(27)9-18-13-35-14-36-24(17)18/h2-10,32H,11-14H2,1H3,(H,28,31). The molecule has 1 aliphatic rings. The molecule has 0 atom stereocenters. The molecule has 0 unspecified atom stereocenters. The van der Waals surface area contributed by atoms with E-state index in [0.29, 0.717) is 39.1 Å². The zero-order chi connectivity index (χ0) is 25.2. The quantitative estimate of drug-likeness (QED) is 0.362. The van der Waals surface area contributed by atoms with Crippen LogP contribution in [0.5, 0.6) is 17.4 Å². The van der Waals surface area contributed by atoms with Gasteiger partial charge in [-0.1, -0.05) is 18.2 Å². The summed E-state index contributed by atoms with van der Waals surface area (Å²) in [7, 11) is 1.56. The van der Waals surface area contributed by atoms with Crippen LogP contribution in [0.2, 0.25) is 0 Å². The van der Waals surface area contributed by atoms with Gasteiger partial charge in [0.2, 0.25) is 5.88 Å². The molecule has 0 fully saturated rings. The maximum absolute atomic E-state index is 14.3. The summed E-state index contributed by atoms with van der Waals surface area (Å²) < 4.78 is 31.8. The first-order valence-electron chi connectivity index (χ1n) is 11.1. The molecule has 2 heterocycles. The molecule has 36 heavy (non-hydrogen) atoms. The number of hydrogen-bond donors (Lipinski definition) is 2. The number of benzene rings is 3. The number of methoxy groups -OCH3 is 1. The molecule has 3 aromatic carbocycles. The van der Waals surface area contributed by atoms with E-state index in [-0.39, 0.29) is 38.1 Å². The molecule has 1 aromatic heterocycles. The molecule has 184 valence electrons. The largest absolute Gasteiger partial charge is 0.496 e. The molecule has 10 heteroatoms. The van der Waals surface area contributed by atoms with Gasteiger partial charge in [-0.3, -0.25) is 4.79 Å². The van der Waals surface area contributed by atoms with E-state index in [1.165, 1.54) is 16.7 Å². The Morgan fingerprint density at radius 1 is 1.19 bits per heavy atom. The minimum Gasteiger partial charge on any atom is -0.496 e. The van der Waals surface area contributed by atoms with Crippen molar-refractivity contribution in [2.24, 2.45) is 5.18 Å².